The number of carbonyl (C=O) groups is 1. The fourth-order valence-electron chi connectivity index (χ4n) is 1.85. The smallest absolute Gasteiger partial charge is 0.320 e. The van der Waals surface area contributed by atoms with Gasteiger partial charge in [-0.1, -0.05) is 42.5 Å². The van der Waals surface area contributed by atoms with Crippen molar-refractivity contribution in [1.82, 2.24) is 0 Å². The topological polar surface area (TPSA) is 63.3 Å². The monoisotopic (exact) mass is 259 g/mol. The van der Waals surface area contributed by atoms with Gasteiger partial charge in [-0.3, -0.25) is 4.79 Å². The summed E-state index contributed by atoms with van der Waals surface area (Å²) in [6.07, 6.45) is -0.0176. The van der Waals surface area contributed by atoms with Crippen LogP contribution >= 0.6 is 0 Å². The summed E-state index contributed by atoms with van der Waals surface area (Å²) in [4.78, 5) is 10.7. The van der Waals surface area contributed by atoms with Crippen molar-refractivity contribution in [2.75, 3.05) is 0 Å². The van der Waals surface area contributed by atoms with Crippen molar-refractivity contribution in [2.45, 2.75) is 12.5 Å². The fraction of sp³-hybridized carbons (Fsp3) is 0.133. The molecule has 0 saturated heterocycles. The Balaban J connectivity index is 2.25. The number of benzene rings is 2. The van der Waals surface area contributed by atoms with Crippen LogP contribution in [0.5, 0.6) is 0 Å². The Labute approximate surface area is 110 Å². The summed E-state index contributed by atoms with van der Waals surface area (Å²) in [5.41, 5.74) is 7.38. The molecule has 0 bridgehead atoms. The minimum absolute atomic E-state index is 0.0176. The maximum atomic E-state index is 13.9. The molecule has 2 aromatic rings. The van der Waals surface area contributed by atoms with Crippen LogP contribution in [0.15, 0.2) is 48.5 Å². The Hall–Kier alpha value is -2.20. The number of carboxylic acid groups (broad SMARTS) is 1. The first-order valence-corrected chi connectivity index (χ1v) is 5.90. The summed E-state index contributed by atoms with van der Waals surface area (Å²) in [7, 11) is 0. The van der Waals surface area contributed by atoms with E-state index in [1.165, 1.54) is 6.07 Å². The molecule has 0 heterocycles. The molecule has 2 aromatic carbocycles. The van der Waals surface area contributed by atoms with Crippen molar-refractivity contribution in [3.05, 3.63) is 59.9 Å². The Morgan fingerprint density at radius 2 is 1.84 bits per heavy atom. The van der Waals surface area contributed by atoms with Gasteiger partial charge in [0.25, 0.3) is 0 Å². The molecule has 0 spiro atoms. The molecule has 0 aromatic heterocycles. The van der Waals surface area contributed by atoms with Gasteiger partial charge < -0.3 is 10.8 Å². The van der Waals surface area contributed by atoms with E-state index < -0.39 is 17.8 Å². The SMILES string of the molecule is N[C@@H](Cc1ccc(-c2ccccc2)cc1F)C(=O)O. The molecular weight excluding hydrogens is 245 g/mol. The molecule has 2 rings (SSSR count). The Bertz CT molecular complexity index is 584. The summed E-state index contributed by atoms with van der Waals surface area (Å²) in [6.45, 7) is 0. The van der Waals surface area contributed by atoms with Gasteiger partial charge in [0.05, 0.1) is 0 Å². The number of hydrogen-bond donors (Lipinski definition) is 2. The largest absolute Gasteiger partial charge is 0.480 e. The first-order chi connectivity index (χ1) is 9.08. The number of aliphatic carboxylic acids is 1. The maximum Gasteiger partial charge on any atom is 0.320 e. The van der Waals surface area contributed by atoms with Gasteiger partial charge in [0, 0.05) is 6.42 Å². The highest BCUT2D eigenvalue weighted by Crippen LogP contribution is 2.22. The number of rotatable bonds is 4. The molecule has 19 heavy (non-hydrogen) atoms. The highest BCUT2D eigenvalue weighted by molar-refractivity contribution is 5.73. The lowest BCUT2D eigenvalue weighted by atomic mass is 10.0. The van der Waals surface area contributed by atoms with Crippen LogP contribution in [0.3, 0.4) is 0 Å². The van der Waals surface area contributed by atoms with Gasteiger partial charge in [0.2, 0.25) is 0 Å². The summed E-state index contributed by atoms with van der Waals surface area (Å²) in [6, 6.07) is 13.1. The minimum atomic E-state index is -1.13. The van der Waals surface area contributed by atoms with Gasteiger partial charge >= 0.3 is 5.97 Å². The Morgan fingerprint density at radius 3 is 2.42 bits per heavy atom. The predicted octanol–water partition coefficient (Wildman–Crippen LogP) is 2.45. The van der Waals surface area contributed by atoms with Crippen molar-refractivity contribution in [3.63, 3.8) is 0 Å². The zero-order chi connectivity index (χ0) is 13.8. The lowest BCUT2D eigenvalue weighted by molar-refractivity contribution is -0.138. The number of hydrogen-bond acceptors (Lipinski definition) is 2. The second kappa shape index (κ2) is 5.63. The molecule has 0 aliphatic heterocycles. The highest BCUT2D eigenvalue weighted by Gasteiger charge is 2.15. The van der Waals surface area contributed by atoms with Crippen LogP contribution in [0.25, 0.3) is 11.1 Å². The molecule has 0 saturated carbocycles. The molecule has 0 amide bonds. The standard InChI is InChI=1S/C15H14FNO2/c16-13-8-11(10-4-2-1-3-5-10)6-7-12(13)9-14(17)15(18)19/h1-8,14H,9,17H2,(H,18,19)/t14-/m0/s1. The predicted molar refractivity (Wildman–Crippen MR) is 71.2 cm³/mol. The van der Waals surface area contributed by atoms with Gasteiger partial charge in [0.15, 0.2) is 0 Å². The third-order valence-corrected chi connectivity index (χ3v) is 2.92. The molecule has 98 valence electrons. The first-order valence-electron chi connectivity index (χ1n) is 5.90. The second-order valence-corrected chi connectivity index (χ2v) is 4.32. The van der Waals surface area contributed by atoms with E-state index in [2.05, 4.69) is 0 Å². The Morgan fingerprint density at radius 1 is 1.16 bits per heavy atom. The van der Waals surface area contributed by atoms with Crippen molar-refractivity contribution >= 4 is 5.97 Å². The third-order valence-electron chi connectivity index (χ3n) is 2.92. The van der Waals surface area contributed by atoms with E-state index in [0.717, 1.165) is 11.1 Å². The fourth-order valence-corrected chi connectivity index (χ4v) is 1.85. The lowest BCUT2D eigenvalue weighted by Crippen LogP contribution is -2.32. The van der Waals surface area contributed by atoms with Crippen molar-refractivity contribution in [3.8, 4) is 11.1 Å². The number of nitrogens with two attached hydrogens (primary N) is 1. The number of carboxylic acids is 1. The van der Waals surface area contributed by atoms with Crippen molar-refractivity contribution in [2.24, 2.45) is 5.73 Å². The zero-order valence-electron chi connectivity index (χ0n) is 10.2. The third kappa shape index (κ3) is 3.17. The molecule has 1 atom stereocenters. The number of halogens is 1. The van der Waals surface area contributed by atoms with Crippen LogP contribution in [0, 0.1) is 5.82 Å². The van der Waals surface area contributed by atoms with E-state index in [9.17, 15) is 9.18 Å². The summed E-state index contributed by atoms with van der Waals surface area (Å²) in [5, 5.41) is 8.72. The quantitative estimate of drug-likeness (QED) is 0.886. The van der Waals surface area contributed by atoms with Crippen molar-refractivity contribution < 1.29 is 14.3 Å². The normalized spacial score (nSPS) is 12.1. The van der Waals surface area contributed by atoms with Crippen LogP contribution < -0.4 is 5.73 Å². The van der Waals surface area contributed by atoms with Crippen LogP contribution in [-0.2, 0) is 11.2 Å². The van der Waals surface area contributed by atoms with Gasteiger partial charge in [-0.2, -0.15) is 0 Å². The summed E-state index contributed by atoms with van der Waals surface area (Å²) in [5.74, 6) is -1.57. The van der Waals surface area contributed by atoms with Crippen LogP contribution in [-0.4, -0.2) is 17.1 Å². The first kappa shape index (κ1) is 13.2. The van der Waals surface area contributed by atoms with Crippen LogP contribution in [0.1, 0.15) is 5.56 Å². The maximum absolute atomic E-state index is 13.9. The highest BCUT2D eigenvalue weighted by atomic mass is 19.1. The van der Waals surface area contributed by atoms with E-state index in [4.69, 9.17) is 10.8 Å². The molecule has 0 fully saturated rings. The molecule has 0 aliphatic rings. The van der Waals surface area contributed by atoms with Crippen LogP contribution in [0.2, 0.25) is 0 Å². The van der Waals surface area contributed by atoms with Gasteiger partial charge in [0.1, 0.15) is 11.9 Å². The van der Waals surface area contributed by atoms with E-state index in [1.807, 2.05) is 30.3 Å². The molecule has 3 N–H and O–H groups in total. The minimum Gasteiger partial charge on any atom is -0.480 e. The lowest BCUT2D eigenvalue weighted by Gasteiger charge is -2.09. The van der Waals surface area contributed by atoms with Crippen molar-refractivity contribution in [1.29, 1.82) is 0 Å². The molecule has 0 unspecified atom stereocenters. The molecule has 4 heteroatoms. The molecule has 0 aliphatic carbocycles. The summed E-state index contributed by atoms with van der Waals surface area (Å²) >= 11 is 0. The molecular formula is C15H14FNO2. The van der Waals surface area contributed by atoms with E-state index in [0.29, 0.717) is 5.56 Å². The van der Waals surface area contributed by atoms with Gasteiger partial charge in [-0.25, -0.2) is 4.39 Å². The van der Waals surface area contributed by atoms with Gasteiger partial charge in [-0.15, -0.1) is 0 Å². The average molecular weight is 259 g/mol. The van der Waals surface area contributed by atoms with Gasteiger partial charge in [-0.05, 0) is 22.8 Å². The average Bonchev–Trinajstić information content (AvgIpc) is 2.41. The second-order valence-electron chi connectivity index (χ2n) is 4.32. The van der Waals surface area contributed by atoms with E-state index >= 15 is 0 Å². The molecule has 3 nitrogen and oxygen atoms in total. The molecule has 0 radical (unpaired) electrons. The Kier molecular flexibility index (Phi) is 3.92. The van der Waals surface area contributed by atoms with E-state index in [-0.39, 0.29) is 6.42 Å². The van der Waals surface area contributed by atoms with E-state index in [1.54, 1.807) is 12.1 Å². The summed E-state index contributed by atoms with van der Waals surface area (Å²) < 4.78 is 13.9. The zero-order valence-corrected chi connectivity index (χ0v) is 10.2. The van der Waals surface area contributed by atoms with Crippen LogP contribution in [0.4, 0.5) is 4.39 Å².